The van der Waals surface area contributed by atoms with E-state index in [0.29, 0.717) is 18.3 Å². The fraction of sp³-hybridized carbons (Fsp3) is 0.591. The normalized spacial score (nSPS) is 16.6. The third-order valence-corrected chi connectivity index (χ3v) is 5.60. The molecule has 2 aromatic rings. The van der Waals surface area contributed by atoms with E-state index in [1.165, 1.54) is 50.5 Å². The lowest BCUT2D eigenvalue weighted by Crippen LogP contribution is -2.34. The number of hydrogen-bond acceptors (Lipinski definition) is 4. The molecule has 0 bridgehead atoms. The molecule has 1 aromatic heterocycles. The van der Waals surface area contributed by atoms with Crippen LogP contribution >= 0.6 is 0 Å². The predicted octanol–water partition coefficient (Wildman–Crippen LogP) is 4.71. The maximum atomic E-state index is 7.54. The summed E-state index contributed by atoms with van der Waals surface area (Å²) in [6.45, 7) is 3.70. The van der Waals surface area contributed by atoms with Crippen molar-refractivity contribution in [3.05, 3.63) is 35.7 Å². The molecule has 1 aliphatic heterocycles. The van der Waals surface area contributed by atoms with Crippen molar-refractivity contribution in [1.29, 1.82) is 5.41 Å². The SMILES string of the molecule is CCCCCCCCCc1ccc(-c2noc([C@@H]3CCN(C(=N)N)C3)n2)cc1. The first-order valence-corrected chi connectivity index (χ1v) is 10.7. The van der Waals surface area contributed by atoms with Gasteiger partial charge in [-0.2, -0.15) is 4.98 Å². The smallest absolute Gasteiger partial charge is 0.231 e. The molecule has 0 saturated carbocycles. The van der Waals surface area contributed by atoms with E-state index in [-0.39, 0.29) is 11.9 Å². The molecule has 6 heteroatoms. The van der Waals surface area contributed by atoms with E-state index < -0.39 is 0 Å². The molecular weight excluding hydrogens is 350 g/mol. The van der Waals surface area contributed by atoms with E-state index in [1.807, 2.05) is 4.90 Å². The molecule has 0 aliphatic carbocycles. The van der Waals surface area contributed by atoms with Gasteiger partial charge in [0.05, 0.1) is 5.92 Å². The number of aryl methyl sites for hydroxylation is 1. The van der Waals surface area contributed by atoms with Gasteiger partial charge in [0.2, 0.25) is 11.7 Å². The summed E-state index contributed by atoms with van der Waals surface area (Å²) in [5, 5.41) is 11.7. The van der Waals surface area contributed by atoms with E-state index in [1.54, 1.807) is 0 Å². The number of benzene rings is 1. The number of nitrogens with one attached hydrogen (secondary N) is 1. The minimum absolute atomic E-state index is 0.110. The molecule has 0 spiro atoms. The van der Waals surface area contributed by atoms with Crippen molar-refractivity contribution < 1.29 is 4.52 Å². The van der Waals surface area contributed by atoms with Gasteiger partial charge >= 0.3 is 0 Å². The van der Waals surface area contributed by atoms with E-state index in [4.69, 9.17) is 15.7 Å². The molecule has 0 unspecified atom stereocenters. The van der Waals surface area contributed by atoms with Crippen LogP contribution in [0.5, 0.6) is 0 Å². The van der Waals surface area contributed by atoms with Crippen molar-refractivity contribution in [3.63, 3.8) is 0 Å². The van der Waals surface area contributed by atoms with Crippen LogP contribution in [0.3, 0.4) is 0 Å². The van der Waals surface area contributed by atoms with Gasteiger partial charge < -0.3 is 15.2 Å². The minimum atomic E-state index is 0.110. The minimum Gasteiger partial charge on any atom is -0.370 e. The summed E-state index contributed by atoms with van der Waals surface area (Å²) in [6, 6.07) is 8.52. The van der Waals surface area contributed by atoms with Crippen LogP contribution in [0.2, 0.25) is 0 Å². The maximum Gasteiger partial charge on any atom is 0.231 e. The highest BCUT2D eigenvalue weighted by atomic mass is 16.5. The van der Waals surface area contributed by atoms with Gasteiger partial charge in [-0.1, -0.05) is 74.9 Å². The molecule has 1 aromatic carbocycles. The van der Waals surface area contributed by atoms with Crippen molar-refractivity contribution >= 4 is 5.96 Å². The Labute approximate surface area is 168 Å². The highest BCUT2D eigenvalue weighted by molar-refractivity contribution is 5.75. The van der Waals surface area contributed by atoms with Crippen molar-refractivity contribution in [2.45, 2.75) is 70.6 Å². The highest BCUT2D eigenvalue weighted by Crippen LogP contribution is 2.27. The van der Waals surface area contributed by atoms with Crippen LogP contribution in [0.4, 0.5) is 0 Å². The number of aromatic nitrogens is 2. The van der Waals surface area contributed by atoms with Crippen LogP contribution in [0.25, 0.3) is 11.4 Å². The standard InChI is InChI=1S/C22H33N5O/c1-2-3-4-5-6-7-8-9-17-10-12-18(13-11-17)20-25-21(28-26-20)19-14-15-27(16-19)22(23)24/h10-13,19H,2-9,14-16H2,1H3,(H3,23,24)/t19-/m1/s1. The van der Waals surface area contributed by atoms with Gasteiger partial charge in [0.1, 0.15) is 0 Å². The molecule has 28 heavy (non-hydrogen) atoms. The number of rotatable bonds is 10. The first-order valence-electron chi connectivity index (χ1n) is 10.7. The van der Waals surface area contributed by atoms with Gasteiger partial charge in [0, 0.05) is 18.7 Å². The lowest BCUT2D eigenvalue weighted by Gasteiger charge is -2.14. The summed E-state index contributed by atoms with van der Waals surface area (Å²) in [4.78, 5) is 6.42. The largest absolute Gasteiger partial charge is 0.370 e. The summed E-state index contributed by atoms with van der Waals surface area (Å²) in [6.07, 6.45) is 11.4. The number of likely N-dealkylation sites (tertiary alicyclic amines) is 1. The molecule has 1 saturated heterocycles. The Morgan fingerprint density at radius 1 is 1.14 bits per heavy atom. The molecule has 1 aliphatic rings. The lowest BCUT2D eigenvalue weighted by atomic mass is 10.0. The maximum absolute atomic E-state index is 7.54. The van der Waals surface area contributed by atoms with Crippen molar-refractivity contribution in [3.8, 4) is 11.4 Å². The Kier molecular flexibility index (Phi) is 7.46. The first-order chi connectivity index (χ1) is 13.7. The first kappa shape index (κ1) is 20.4. The summed E-state index contributed by atoms with van der Waals surface area (Å²) in [7, 11) is 0. The lowest BCUT2D eigenvalue weighted by molar-refractivity contribution is 0.354. The van der Waals surface area contributed by atoms with Crippen LogP contribution in [-0.4, -0.2) is 34.1 Å². The number of nitrogens with zero attached hydrogens (tertiary/aromatic N) is 3. The Hall–Kier alpha value is -2.37. The van der Waals surface area contributed by atoms with Gasteiger partial charge in [-0.15, -0.1) is 0 Å². The van der Waals surface area contributed by atoms with Gasteiger partial charge in [0.25, 0.3) is 0 Å². The van der Waals surface area contributed by atoms with Crippen LogP contribution in [-0.2, 0) is 6.42 Å². The summed E-state index contributed by atoms with van der Waals surface area (Å²) >= 11 is 0. The zero-order valence-corrected chi connectivity index (χ0v) is 17.0. The Morgan fingerprint density at radius 2 is 1.86 bits per heavy atom. The summed E-state index contributed by atoms with van der Waals surface area (Å²) < 4.78 is 5.48. The quantitative estimate of drug-likeness (QED) is 0.352. The highest BCUT2D eigenvalue weighted by Gasteiger charge is 2.29. The van der Waals surface area contributed by atoms with Crippen molar-refractivity contribution in [2.75, 3.05) is 13.1 Å². The summed E-state index contributed by atoms with van der Waals surface area (Å²) in [5.74, 6) is 1.55. The monoisotopic (exact) mass is 383 g/mol. The van der Waals surface area contributed by atoms with E-state index in [9.17, 15) is 0 Å². The number of guanidine groups is 1. The Morgan fingerprint density at radius 3 is 2.54 bits per heavy atom. The zero-order valence-electron chi connectivity index (χ0n) is 17.0. The van der Waals surface area contributed by atoms with Crippen LogP contribution in [0, 0.1) is 5.41 Å². The average Bonchev–Trinajstić information content (AvgIpc) is 3.37. The molecule has 3 rings (SSSR count). The Bertz CT molecular complexity index is 740. The molecule has 3 N–H and O–H groups in total. The average molecular weight is 384 g/mol. The predicted molar refractivity (Wildman–Crippen MR) is 112 cm³/mol. The second kappa shape index (κ2) is 10.2. The molecule has 6 nitrogen and oxygen atoms in total. The number of hydrogen-bond donors (Lipinski definition) is 2. The zero-order chi connectivity index (χ0) is 19.8. The van der Waals surface area contributed by atoms with Crippen LogP contribution in [0.15, 0.2) is 28.8 Å². The molecule has 0 amide bonds. The van der Waals surface area contributed by atoms with Crippen LogP contribution in [0.1, 0.15) is 75.7 Å². The molecule has 1 fully saturated rings. The molecule has 2 heterocycles. The van der Waals surface area contributed by atoms with E-state index in [2.05, 4.69) is 41.3 Å². The molecule has 1 atom stereocenters. The van der Waals surface area contributed by atoms with Crippen molar-refractivity contribution in [1.82, 2.24) is 15.0 Å². The van der Waals surface area contributed by atoms with E-state index in [0.717, 1.165) is 24.9 Å². The second-order valence-electron chi connectivity index (χ2n) is 7.84. The van der Waals surface area contributed by atoms with Crippen LogP contribution < -0.4 is 5.73 Å². The van der Waals surface area contributed by atoms with Gasteiger partial charge in [0.15, 0.2) is 5.96 Å². The topological polar surface area (TPSA) is 92.0 Å². The molecule has 152 valence electrons. The van der Waals surface area contributed by atoms with Gasteiger partial charge in [-0.25, -0.2) is 0 Å². The summed E-state index contributed by atoms with van der Waals surface area (Å²) in [5.41, 5.74) is 7.92. The van der Waals surface area contributed by atoms with E-state index >= 15 is 0 Å². The molecular formula is C22H33N5O. The van der Waals surface area contributed by atoms with Crippen molar-refractivity contribution in [2.24, 2.45) is 5.73 Å². The third kappa shape index (κ3) is 5.57. The third-order valence-electron chi connectivity index (χ3n) is 5.60. The number of unbranched alkanes of at least 4 members (excludes halogenated alkanes) is 6. The Balaban J connectivity index is 1.46. The molecule has 0 radical (unpaired) electrons. The second-order valence-corrected chi connectivity index (χ2v) is 7.84. The van der Waals surface area contributed by atoms with Gasteiger partial charge in [-0.3, -0.25) is 5.41 Å². The van der Waals surface area contributed by atoms with Gasteiger partial charge in [-0.05, 0) is 24.8 Å². The number of nitrogens with two attached hydrogens (primary N) is 1. The fourth-order valence-electron chi connectivity index (χ4n) is 3.81. The fourth-order valence-corrected chi connectivity index (χ4v) is 3.81.